The van der Waals surface area contributed by atoms with Crippen molar-refractivity contribution in [2.45, 2.75) is 51.5 Å². The lowest BCUT2D eigenvalue weighted by Gasteiger charge is -2.20. The molecule has 1 unspecified atom stereocenters. The first kappa shape index (κ1) is 21.1. The van der Waals surface area contributed by atoms with Crippen LogP contribution in [-0.2, 0) is 27.2 Å². The van der Waals surface area contributed by atoms with Crippen LogP contribution in [0, 0.1) is 5.92 Å². The Kier molecular flexibility index (Phi) is 6.35. The molecule has 1 atom stereocenters. The van der Waals surface area contributed by atoms with Crippen molar-refractivity contribution >= 4 is 23.5 Å². The molecule has 0 aromatic heterocycles. The van der Waals surface area contributed by atoms with Crippen molar-refractivity contribution < 1.29 is 19.1 Å². The maximum atomic E-state index is 12.3. The molecule has 6 nitrogen and oxygen atoms in total. The molecule has 0 bridgehead atoms. The summed E-state index contributed by atoms with van der Waals surface area (Å²) in [6.45, 7) is 1.59. The lowest BCUT2D eigenvalue weighted by atomic mass is 9.89. The number of ether oxygens (including phenoxy) is 1. The Morgan fingerprint density at radius 2 is 1.71 bits per heavy atom. The van der Waals surface area contributed by atoms with Crippen molar-refractivity contribution in [3.05, 3.63) is 64.7 Å². The second-order valence-corrected chi connectivity index (χ2v) is 8.44. The third kappa shape index (κ3) is 5.51. The predicted octanol–water partition coefficient (Wildman–Crippen LogP) is 3.95. The van der Waals surface area contributed by atoms with Crippen molar-refractivity contribution in [2.75, 3.05) is 11.9 Å². The van der Waals surface area contributed by atoms with E-state index in [0.717, 1.165) is 31.2 Å². The van der Waals surface area contributed by atoms with Gasteiger partial charge in [0.1, 0.15) is 0 Å². The summed E-state index contributed by atoms with van der Waals surface area (Å²) < 4.78 is 5.15. The second kappa shape index (κ2) is 9.33. The number of esters is 1. The average molecular weight is 421 g/mol. The van der Waals surface area contributed by atoms with Gasteiger partial charge in [-0.3, -0.25) is 9.59 Å². The summed E-state index contributed by atoms with van der Waals surface area (Å²) in [6, 6.07) is 12.7. The minimum atomic E-state index is -0.573. The molecule has 0 aliphatic heterocycles. The largest absolute Gasteiger partial charge is 0.452 e. The minimum Gasteiger partial charge on any atom is -0.452 e. The van der Waals surface area contributed by atoms with Gasteiger partial charge >= 0.3 is 5.97 Å². The molecule has 31 heavy (non-hydrogen) atoms. The van der Waals surface area contributed by atoms with E-state index in [1.807, 2.05) is 6.92 Å². The van der Waals surface area contributed by atoms with E-state index in [4.69, 9.17) is 4.74 Å². The van der Waals surface area contributed by atoms with E-state index >= 15 is 0 Å². The molecule has 2 aliphatic rings. The molecule has 162 valence electrons. The van der Waals surface area contributed by atoms with Gasteiger partial charge in [0.2, 0.25) is 5.91 Å². The first-order valence-corrected chi connectivity index (χ1v) is 11.0. The summed E-state index contributed by atoms with van der Waals surface area (Å²) in [7, 11) is 0. The number of hydrogen-bond donors (Lipinski definition) is 2. The van der Waals surface area contributed by atoms with Crippen molar-refractivity contribution in [1.29, 1.82) is 0 Å². The monoisotopic (exact) mass is 420 g/mol. The van der Waals surface area contributed by atoms with Crippen LogP contribution in [0.5, 0.6) is 0 Å². The van der Waals surface area contributed by atoms with Gasteiger partial charge in [-0.1, -0.05) is 18.2 Å². The molecule has 2 amide bonds. The van der Waals surface area contributed by atoms with Crippen LogP contribution in [0.1, 0.15) is 65.7 Å². The van der Waals surface area contributed by atoms with Gasteiger partial charge in [-0.15, -0.1) is 0 Å². The Labute approximate surface area is 182 Å². The van der Waals surface area contributed by atoms with Gasteiger partial charge in [0, 0.05) is 11.6 Å². The van der Waals surface area contributed by atoms with E-state index in [1.54, 1.807) is 24.3 Å². The highest BCUT2D eigenvalue weighted by atomic mass is 16.5. The van der Waals surface area contributed by atoms with Crippen molar-refractivity contribution in [2.24, 2.45) is 5.92 Å². The lowest BCUT2D eigenvalue weighted by molar-refractivity contribution is -0.124. The number of carbonyl (C=O) groups excluding carboxylic acids is 3. The second-order valence-electron chi connectivity index (χ2n) is 8.44. The number of amides is 2. The van der Waals surface area contributed by atoms with Crippen LogP contribution in [-0.4, -0.2) is 24.4 Å². The Bertz CT molecular complexity index is 980. The maximum absolute atomic E-state index is 12.3. The van der Waals surface area contributed by atoms with Crippen LogP contribution in [0.3, 0.4) is 0 Å². The van der Waals surface area contributed by atoms with Gasteiger partial charge in [0.25, 0.3) is 5.91 Å². The van der Waals surface area contributed by atoms with Gasteiger partial charge in [0.15, 0.2) is 6.61 Å². The smallest absolute Gasteiger partial charge is 0.338 e. The Hall–Kier alpha value is -3.15. The molecule has 0 saturated heterocycles. The zero-order chi connectivity index (χ0) is 21.8. The van der Waals surface area contributed by atoms with Gasteiger partial charge in [-0.05, 0) is 86.4 Å². The summed E-state index contributed by atoms with van der Waals surface area (Å²) in [6.07, 6.45) is 6.53. The fourth-order valence-corrected chi connectivity index (χ4v) is 3.88. The van der Waals surface area contributed by atoms with Crippen LogP contribution in [0.25, 0.3) is 0 Å². The molecule has 2 aliphatic carbocycles. The molecule has 2 aromatic carbocycles. The third-order valence-electron chi connectivity index (χ3n) is 5.92. The molecule has 6 heteroatoms. The molecule has 1 fully saturated rings. The van der Waals surface area contributed by atoms with E-state index in [1.165, 1.54) is 24.0 Å². The average Bonchev–Trinajstić information content (AvgIpc) is 3.63. The van der Waals surface area contributed by atoms with Gasteiger partial charge in [-0.2, -0.15) is 0 Å². The SMILES string of the molecule is CC(NC(=O)COC(=O)c1ccc(NC(=O)C2CC2)cc1)c1ccc2c(c1)CCCC2. The van der Waals surface area contributed by atoms with Crippen LogP contribution in [0.15, 0.2) is 42.5 Å². The lowest BCUT2D eigenvalue weighted by Crippen LogP contribution is -2.31. The molecular formula is C25H28N2O4. The molecule has 0 spiro atoms. The molecule has 4 rings (SSSR count). The molecule has 0 radical (unpaired) electrons. The summed E-state index contributed by atoms with van der Waals surface area (Å²) in [5.74, 6) is -0.782. The summed E-state index contributed by atoms with van der Waals surface area (Å²) >= 11 is 0. The van der Waals surface area contributed by atoms with Crippen LogP contribution < -0.4 is 10.6 Å². The predicted molar refractivity (Wildman–Crippen MR) is 118 cm³/mol. The third-order valence-corrected chi connectivity index (χ3v) is 5.92. The Morgan fingerprint density at radius 3 is 2.42 bits per heavy atom. The first-order chi connectivity index (χ1) is 15.0. The highest BCUT2D eigenvalue weighted by molar-refractivity contribution is 5.95. The van der Waals surface area contributed by atoms with Crippen LogP contribution in [0.2, 0.25) is 0 Å². The van der Waals surface area contributed by atoms with Crippen LogP contribution >= 0.6 is 0 Å². The number of fused-ring (bicyclic) bond motifs is 1. The quantitative estimate of drug-likeness (QED) is 0.665. The summed E-state index contributed by atoms with van der Waals surface area (Å²) in [5, 5.41) is 5.71. The number of nitrogens with one attached hydrogen (secondary N) is 2. The maximum Gasteiger partial charge on any atom is 0.338 e. The van der Waals surface area contributed by atoms with Gasteiger partial charge in [-0.25, -0.2) is 4.79 Å². The summed E-state index contributed by atoms with van der Waals surface area (Å²) in [4.78, 5) is 36.3. The van der Waals surface area contributed by atoms with E-state index in [2.05, 4.69) is 28.8 Å². The number of benzene rings is 2. The van der Waals surface area contributed by atoms with Gasteiger partial charge < -0.3 is 15.4 Å². The molecule has 2 N–H and O–H groups in total. The topological polar surface area (TPSA) is 84.5 Å². The first-order valence-electron chi connectivity index (χ1n) is 11.0. The fraction of sp³-hybridized carbons (Fsp3) is 0.400. The molecule has 2 aromatic rings. The zero-order valence-electron chi connectivity index (χ0n) is 17.8. The Balaban J connectivity index is 1.25. The van der Waals surface area contributed by atoms with Crippen LogP contribution in [0.4, 0.5) is 5.69 Å². The highest BCUT2D eigenvalue weighted by Gasteiger charge is 2.29. The molecular weight excluding hydrogens is 392 g/mol. The summed E-state index contributed by atoms with van der Waals surface area (Å²) in [5.41, 5.74) is 4.81. The molecule has 0 heterocycles. The van der Waals surface area contributed by atoms with Crippen molar-refractivity contribution in [3.63, 3.8) is 0 Å². The molecule has 1 saturated carbocycles. The normalized spacial score (nSPS) is 16.0. The van der Waals surface area contributed by atoms with E-state index < -0.39 is 5.97 Å². The van der Waals surface area contributed by atoms with E-state index in [-0.39, 0.29) is 30.4 Å². The standard InChI is InChI=1S/C25H28N2O4/c1-16(20-9-6-17-4-2-3-5-21(17)14-20)26-23(28)15-31-25(30)19-10-12-22(13-11-19)27-24(29)18-7-8-18/h6,9-14,16,18H,2-5,7-8,15H2,1H3,(H,26,28)(H,27,29). The minimum absolute atomic E-state index is 0.0139. The number of rotatable bonds is 7. The van der Waals surface area contributed by atoms with E-state index in [9.17, 15) is 14.4 Å². The number of anilines is 1. The number of carbonyl (C=O) groups is 3. The zero-order valence-corrected chi connectivity index (χ0v) is 17.8. The van der Waals surface area contributed by atoms with Crippen molar-refractivity contribution in [1.82, 2.24) is 5.32 Å². The van der Waals surface area contributed by atoms with E-state index in [0.29, 0.717) is 11.3 Å². The number of hydrogen-bond acceptors (Lipinski definition) is 4. The fourth-order valence-electron chi connectivity index (χ4n) is 3.88. The Morgan fingerprint density at radius 1 is 1.00 bits per heavy atom. The highest BCUT2D eigenvalue weighted by Crippen LogP contribution is 2.30. The van der Waals surface area contributed by atoms with Crippen molar-refractivity contribution in [3.8, 4) is 0 Å². The van der Waals surface area contributed by atoms with Gasteiger partial charge in [0.05, 0.1) is 11.6 Å². The number of aryl methyl sites for hydroxylation is 2.